The summed E-state index contributed by atoms with van der Waals surface area (Å²) in [6, 6.07) is 22.4. The molecule has 0 saturated heterocycles. The molecule has 0 aromatic heterocycles. The van der Waals surface area contributed by atoms with Gasteiger partial charge in [0, 0.05) is 11.3 Å². The number of hydrogen-bond acceptors (Lipinski definition) is 4. The molecule has 0 saturated carbocycles. The first kappa shape index (κ1) is 19.8. The molecule has 6 nitrogen and oxygen atoms in total. The van der Waals surface area contributed by atoms with Crippen LogP contribution < -0.4 is 10.6 Å². The number of aryl methyl sites for hydroxylation is 1. The van der Waals surface area contributed by atoms with Gasteiger partial charge in [0.05, 0.1) is 11.3 Å². The zero-order chi connectivity index (χ0) is 20.6. The van der Waals surface area contributed by atoms with E-state index in [0.29, 0.717) is 16.9 Å². The molecule has 2 N–H and O–H groups in total. The van der Waals surface area contributed by atoms with Crippen molar-refractivity contribution in [3.63, 3.8) is 0 Å². The van der Waals surface area contributed by atoms with Gasteiger partial charge in [0.2, 0.25) is 0 Å². The van der Waals surface area contributed by atoms with E-state index in [2.05, 4.69) is 10.6 Å². The largest absolute Gasteiger partial charge is 0.452 e. The molecule has 6 heteroatoms. The summed E-state index contributed by atoms with van der Waals surface area (Å²) in [5, 5.41) is 5.36. The molecule has 29 heavy (non-hydrogen) atoms. The van der Waals surface area contributed by atoms with Crippen molar-refractivity contribution in [1.82, 2.24) is 0 Å². The minimum absolute atomic E-state index is 0.167. The fourth-order valence-corrected chi connectivity index (χ4v) is 2.60. The van der Waals surface area contributed by atoms with E-state index in [1.165, 1.54) is 6.07 Å². The van der Waals surface area contributed by atoms with Crippen molar-refractivity contribution in [2.24, 2.45) is 0 Å². The molecule has 0 aliphatic rings. The minimum Gasteiger partial charge on any atom is -0.452 e. The lowest BCUT2D eigenvalue weighted by Gasteiger charge is -2.11. The number of nitrogens with one attached hydrogen (secondary N) is 2. The maximum Gasteiger partial charge on any atom is 0.340 e. The van der Waals surface area contributed by atoms with Crippen molar-refractivity contribution in [2.45, 2.75) is 6.92 Å². The number of hydrogen-bond donors (Lipinski definition) is 2. The average molecular weight is 388 g/mol. The highest BCUT2D eigenvalue weighted by Crippen LogP contribution is 2.17. The Morgan fingerprint density at radius 2 is 1.45 bits per heavy atom. The Labute approximate surface area is 168 Å². The first-order valence-corrected chi connectivity index (χ1v) is 9.02. The number of amides is 2. The molecule has 0 heterocycles. The van der Waals surface area contributed by atoms with Gasteiger partial charge in [-0.1, -0.05) is 48.0 Å². The maximum absolute atomic E-state index is 12.4. The average Bonchev–Trinajstić information content (AvgIpc) is 2.74. The van der Waals surface area contributed by atoms with Crippen LogP contribution in [0.15, 0.2) is 78.9 Å². The van der Waals surface area contributed by atoms with Crippen LogP contribution in [-0.2, 0) is 9.53 Å². The second kappa shape index (κ2) is 9.32. The predicted octanol–water partition coefficient (Wildman–Crippen LogP) is 4.04. The number of para-hydroxylation sites is 1. The second-order valence-corrected chi connectivity index (χ2v) is 6.36. The third-order valence-electron chi connectivity index (χ3n) is 4.10. The Bertz CT molecular complexity index is 1010. The fraction of sp³-hybridized carbons (Fsp3) is 0.0870. The van der Waals surface area contributed by atoms with Gasteiger partial charge < -0.3 is 15.4 Å². The molecule has 3 aromatic rings. The number of carbonyl (C=O) groups excluding carboxylic acids is 3. The van der Waals surface area contributed by atoms with E-state index < -0.39 is 18.5 Å². The standard InChI is InChI=1S/C23H20N2O4/c1-16-11-13-18(14-12-16)24-21(26)15-29-23(28)19-9-5-6-10-20(19)25-22(27)17-7-3-2-4-8-17/h2-14H,15H2,1H3,(H,24,26)(H,25,27). The van der Waals surface area contributed by atoms with E-state index in [4.69, 9.17) is 4.74 Å². The summed E-state index contributed by atoms with van der Waals surface area (Å²) in [7, 11) is 0. The van der Waals surface area contributed by atoms with Crippen LogP contribution in [0.5, 0.6) is 0 Å². The summed E-state index contributed by atoms with van der Waals surface area (Å²) in [5.41, 5.74) is 2.63. The quantitative estimate of drug-likeness (QED) is 0.624. The zero-order valence-electron chi connectivity index (χ0n) is 15.8. The molecule has 3 aromatic carbocycles. The van der Waals surface area contributed by atoms with E-state index in [1.807, 2.05) is 25.1 Å². The number of ether oxygens (including phenoxy) is 1. The molecule has 2 amide bonds. The number of rotatable bonds is 6. The van der Waals surface area contributed by atoms with Gasteiger partial charge >= 0.3 is 5.97 Å². The van der Waals surface area contributed by atoms with E-state index in [1.54, 1.807) is 54.6 Å². The van der Waals surface area contributed by atoms with E-state index in [9.17, 15) is 14.4 Å². The number of carbonyl (C=O) groups is 3. The summed E-state index contributed by atoms with van der Waals surface area (Å²) >= 11 is 0. The van der Waals surface area contributed by atoms with Crippen LogP contribution in [0.25, 0.3) is 0 Å². The molecule has 3 rings (SSSR count). The summed E-state index contributed by atoms with van der Waals surface area (Å²) < 4.78 is 5.11. The van der Waals surface area contributed by atoms with Crippen molar-refractivity contribution in [2.75, 3.05) is 17.2 Å². The molecule has 146 valence electrons. The van der Waals surface area contributed by atoms with Crippen LogP contribution >= 0.6 is 0 Å². The molecule has 0 aliphatic carbocycles. The summed E-state index contributed by atoms with van der Waals surface area (Å²) in [4.78, 5) is 36.8. The third-order valence-corrected chi connectivity index (χ3v) is 4.10. The van der Waals surface area contributed by atoms with Gasteiger partial charge in [-0.3, -0.25) is 9.59 Å². The van der Waals surface area contributed by atoms with Gasteiger partial charge in [0.1, 0.15) is 0 Å². The van der Waals surface area contributed by atoms with Crippen molar-refractivity contribution >= 4 is 29.2 Å². The predicted molar refractivity (Wildman–Crippen MR) is 111 cm³/mol. The summed E-state index contributed by atoms with van der Waals surface area (Å²) in [5.74, 6) is -1.50. The van der Waals surface area contributed by atoms with Crippen LogP contribution in [0.1, 0.15) is 26.3 Å². The van der Waals surface area contributed by atoms with Gasteiger partial charge in [0.25, 0.3) is 11.8 Å². The number of esters is 1. The monoisotopic (exact) mass is 388 g/mol. The smallest absolute Gasteiger partial charge is 0.340 e. The lowest BCUT2D eigenvalue weighted by atomic mass is 10.1. The maximum atomic E-state index is 12.4. The topological polar surface area (TPSA) is 84.5 Å². The number of benzene rings is 3. The molecule has 0 fully saturated rings. The van der Waals surface area contributed by atoms with Crippen molar-refractivity contribution in [1.29, 1.82) is 0 Å². The molecule has 0 unspecified atom stereocenters. The lowest BCUT2D eigenvalue weighted by Crippen LogP contribution is -2.22. The molecular formula is C23H20N2O4. The highest BCUT2D eigenvalue weighted by molar-refractivity contribution is 6.08. The van der Waals surface area contributed by atoms with Crippen LogP contribution in [0.4, 0.5) is 11.4 Å². The molecule has 0 aliphatic heterocycles. The van der Waals surface area contributed by atoms with Gasteiger partial charge in [-0.05, 0) is 43.3 Å². The Morgan fingerprint density at radius 1 is 0.793 bits per heavy atom. The van der Waals surface area contributed by atoms with Crippen molar-refractivity contribution in [3.05, 3.63) is 95.6 Å². The first-order chi connectivity index (χ1) is 14.0. The Balaban J connectivity index is 1.61. The third kappa shape index (κ3) is 5.52. The van der Waals surface area contributed by atoms with Gasteiger partial charge in [-0.25, -0.2) is 4.79 Å². The van der Waals surface area contributed by atoms with Crippen LogP contribution in [0, 0.1) is 6.92 Å². The SMILES string of the molecule is Cc1ccc(NC(=O)COC(=O)c2ccccc2NC(=O)c2ccccc2)cc1. The Morgan fingerprint density at radius 3 is 2.17 bits per heavy atom. The van der Waals surface area contributed by atoms with Crippen LogP contribution in [0.2, 0.25) is 0 Å². The highest BCUT2D eigenvalue weighted by Gasteiger charge is 2.16. The summed E-state index contributed by atoms with van der Waals surface area (Å²) in [6.07, 6.45) is 0. The van der Waals surface area contributed by atoms with E-state index in [0.717, 1.165) is 5.56 Å². The van der Waals surface area contributed by atoms with Crippen LogP contribution in [-0.4, -0.2) is 24.4 Å². The second-order valence-electron chi connectivity index (χ2n) is 6.36. The Hall–Kier alpha value is -3.93. The fourth-order valence-electron chi connectivity index (χ4n) is 2.60. The van der Waals surface area contributed by atoms with Crippen molar-refractivity contribution in [3.8, 4) is 0 Å². The normalized spacial score (nSPS) is 10.1. The highest BCUT2D eigenvalue weighted by atomic mass is 16.5. The Kier molecular flexibility index (Phi) is 6.37. The lowest BCUT2D eigenvalue weighted by molar-refractivity contribution is -0.119. The zero-order valence-corrected chi connectivity index (χ0v) is 15.8. The molecule has 0 radical (unpaired) electrons. The van der Waals surface area contributed by atoms with Gasteiger partial charge in [0.15, 0.2) is 6.61 Å². The van der Waals surface area contributed by atoms with Crippen molar-refractivity contribution < 1.29 is 19.1 Å². The first-order valence-electron chi connectivity index (χ1n) is 9.02. The van der Waals surface area contributed by atoms with E-state index >= 15 is 0 Å². The number of anilines is 2. The van der Waals surface area contributed by atoms with E-state index in [-0.39, 0.29) is 11.5 Å². The minimum atomic E-state index is -0.701. The molecule has 0 atom stereocenters. The molecule has 0 bridgehead atoms. The molecule has 0 spiro atoms. The summed E-state index contributed by atoms with van der Waals surface area (Å²) in [6.45, 7) is 1.51. The van der Waals surface area contributed by atoms with Gasteiger partial charge in [-0.15, -0.1) is 0 Å². The van der Waals surface area contributed by atoms with Crippen LogP contribution in [0.3, 0.4) is 0 Å². The van der Waals surface area contributed by atoms with Gasteiger partial charge in [-0.2, -0.15) is 0 Å². The molecular weight excluding hydrogens is 368 g/mol.